The summed E-state index contributed by atoms with van der Waals surface area (Å²) in [4.78, 5) is 14.7. The summed E-state index contributed by atoms with van der Waals surface area (Å²) >= 11 is 0. The van der Waals surface area contributed by atoms with Crippen molar-refractivity contribution in [3.63, 3.8) is 0 Å². The van der Waals surface area contributed by atoms with Gasteiger partial charge >= 0.3 is 0 Å². The van der Waals surface area contributed by atoms with Crippen molar-refractivity contribution in [3.05, 3.63) is 53.6 Å². The van der Waals surface area contributed by atoms with Gasteiger partial charge in [-0.1, -0.05) is 0 Å². The first-order valence-electron chi connectivity index (χ1n) is 11.3. The molecule has 9 nitrogen and oxygen atoms in total. The molecule has 2 aliphatic heterocycles. The van der Waals surface area contributed by atoms with E-state index in [-0.39, 0.29) is 30.6 Å². The Kier molecular flexibility index (Phi) is 6.64. The van der Waals surface area contributed by atoms with E-state index >= 15 is 0 Å². The van der Waals surface area contributed by atoms with Crippen LogP contribution in [0, 0.1) is 23.4 Å². The van der Waals surface area contributed by atoms with Crippen LogP contribution in [0.4, 0.5) is 19.0 Å². The van der Waals surface area contributed by atoms with Crippen LogP contribution in [0.25, 0.3) is 11.3 Å². The van der Waals surface area contributed by atoms with Gasteiger partial charge in [0.05, 0.1) is 19.0 Å². The third-order valence-corrected chi connectivity index (χ3v) is 6.09. The van der Waals surface area contributed by atoms with Gasteiger partial charge in [-0.05, 0) is 36.6 Å². The van der Waals surface area contributed by atoms with Crippen molar-refractivity contribution in [2.24, 2.45) is 5.92 Å². The van der Waals surface area contributed by atoms with E-state index in [4.69, 9.17) is 9.47 Å². The number of nitrogens with one attached hydrogen (secondary N) is 2. The van der Waals surface area contributed by atoms with Crippen LogP contribution < -0.4 is 15.0 Å². The Balaban J connectivity index is 1.38. The van der Waals surface area contributed by atoms with Gasteiger partial charge in [0.25, 0.3) is 0 Å². The second kappa shape index (κ2) is 10.0. The number of carbonyl (C=O) groups is 1. The fourth-order valence-corrected chi connectivity index (χ4v) is 4.33. The van der Waals surface area contributed by atoms with Gasteiger partial charge in [0.15, 0.2) is 29.0 Å². The molecule has 2 saturated heterocycles. The van der Waals surface area contributed by atoms with Crippen LogP contribution in [0.1, 0.15) is 12.0 Å². The zero-order chi connectivity index (χ0) is 24.4. The van der Waals surface area contributed by atoms with Crippen molar-refractivity contribution in [2.75, 3.05) is 37.7 Å². The largest absolute Gasteiger partial charge is 0.485 e. The summed E-state index contributed by atoms with van der Waals surface area (Å²) in [6.45, 7) is 2.56. The maximum Gasteiger partial charge on any atom is 0.231 e. The molecule has 0 radical (unpaired) electrons. The molecular weight excluding hydrogens is 465 g/mol. The van der Waals surface area contributed by atoms with Crippen molar-refractivity contribution in [3.8, 4) is 17.0 Å². The van der Waals surface area contributed by atoms with Gasteiger partial charge in [-0.3, -0.25) is 14.8 Å². The van der Waals surface area contributed by atoms with Gasteiger partial charge in [0.1, 0.15) is 18.4 Å². The summed E-state index contributed by atoms with van der Waals surface area (Å²) in [6.07, 6.45) is 3.43. The van der Waals surface area contributed by atoms with Gasteiger partial charge in [-0.15, -0.1) is 0 Å². The highest BCUT2D eigenvalue weighted by atomic mass is 19.2. The molecule has 35 heavy (non-hydrogen) atoms. The van der Waals surface area contributed by atoms with Gasteiger partial charge in [0.2, 0.25) is 5.91 Å². The lowest BCUT2D eigenvalue weighted by molar-refractivity contribution is -0.120. The molecule has 3 aromatic rings. The van der Waals surface area contributed by atoms with Crippen molar-refractivity contribution >= 4 is 11.7 Å². The number of hydrogen-bond donors (Lipinski definition) is 2. The van der Waals surface area contributed by atoms with Gasteiger partial charge in [0, 0.05) is 31.1 Å². The maximum atomic E-state index is 13.6. The molecule has 0 bridgehead atoms. The molecule has 1 aromatic carbocycles. The van der Waals surface area contributed by atoms with E-state index in [2.05, 4.69) is 25.7 Å². The second-order valence-electron chi connectivity index (χ2n) is 8.44. The first-order chi connectivity index (χ1) is 17.0. The highest BCUT2D eigenvalue weighted by Gasteiger charge is 2.37. The van der Waals surface area contributed by atoms with Crippen LogP contribution in [0.5, 0.6) is 5.75 Å². The van der Waals surface area contributed by atoms with Gasteiger partial charge in [-0.2, -0.15) is 15.3 Å². The number of ether oxygens (including phenoxy) is 2. The van der Waals surface area contributed by atoms with Crippen LogP contribution in [-0.2, 0) is 16.0 Å². The number of anilines is 1. The number of H-pyrrole nitrogens is 1. The number of aromatic nitrogens is 4. The molecule has 12 heteroatoms. The number of hydrogen-bond acceptors (Lipinski definition) is 7. The van der Waals surface area contributed by atoms with Crippen LogP contribution in [-0.4, -0.2) is 65.3 Å². The van der Waals surface area contributed by atoms with E-state index in [1.165, 1.54) is 11.1 Å². The van der Waals surface area contributed by atoms with Crippen molar-refractivity contribution < 1.29 is 27.4 Å². The third kappa shape index (κ3) is 4.84. The standard InChI is InChI=1S/C23H23F3N6O3/c24-17-8-13(9-18(25)19(17)26)7-14-2-5-32(23(14)33)22-21(35-12-16-11-27-4-6-34-16)20(30-31-22)15-1-3-28-29-10-15/h1,3,8-10,14,16,27H,2,4-7,11-12H2,(H,30,31)/t14?,16-/m0/s1. The predicted molar refractivity (Wildman–Crippen MR) is 118 cm³/mol. The normalized spacial score (nSPS) is 20.4. The number of aromatic amines is 1. The monoisotopic (exact) mass is 488 g/mol. The third-order valence-electron chi connectivity index (χ3n) is 6.09. The van der Waals surface area contributed by atoms with Gasteiger partial charge < -0.3 is 14.8 Å². The smallest absolute Gasteiger partial charge is 0.231 e. The quantitative estimate of drug-likeness (QED) is 0.492. The summed E-state index contributed by atoms with van der Waals surface area (Å²) in [7, 11) is 0. The molecule has 2 N–H and O–H groups in total. The van der Waals surface area contributed by atoms with Crippen molar-refractivity contribution in [1.29, 1.82) is 0 Å². The van der Waals surface area contributed by atoms with E-state index in [0.717, 1.165) is 18.7 Å². The lowest BCUT2D eigenvalue weighted by Crippen LogP contribution is -2.41. The van der Waals surface area contributed by atoms with E-state index in [9.17, 15) is 18.0 Å². The minimum absolute atomic E-state index is 0.0762. The van der Waals surface area contributed by atoms with Crippen molar-refractivity contribution in [2.45, 2.75) is 18.9 Å². The number of rotatable bonds is 7. The second-order valence-corrected chi connectivity index (χ2v) is 8.44. The number of nitrogens with zero attached hydrogens (tertiary/aromatic N) is 4. The Morgan fingerprint density at radius 2 is 2.03 bits per heavy atom. The average Bonchev–Trinajstić information content (AvgIpc) is 3.45. The zero-order valence-corrected chi connectivity index (χ0v) is 18.6. The zero-order valence-electron chi connectivity index (χ0n) is 18.6. The maximum absolute atomic E-state index is 13.6. The fourth-order valence-electron chi connectivity index (χ4n) is 4.33. The Labute approximate surface area is 198 Å². The summed E-state index contributed by atoms with van der Waals surface area (Å²) in [5, 5.41) is 18.2. The average molecular weight is 488 g/mol. The molecule has 1 amide bonds. The Morgan fingerprint density at radius 1 is 1.20 bits per heavy atom. The van der Waals surface area contributed by atoms with Crippen LogP contribution in [0.15, 0.2) is 30.6 Å². The summed E-state index contributed by atoms with van der Waals surface area (Å²) in [5.74, 6) is -4.20. The number of morpholine rings is 1. The molecule has 2 aliphatic rings. The molecule has 0 saturated carbocycles. The van der Waals surface area contributed by atoms with Crippen LogP contribution in [0.3, 0.4) is 0 Å². The number of carbonyl (C=O) groups excluding carboxylic acids is 1. The summed E-state index contributed by atoms with van der Waals surface area (Å²) in [5.41, 5.74) is 1.43. The Morgan fingerprint density at radius 3 is 2.74 bits per heavy atom. The predicted octanol–water partition coefficient (Wildman–Crippen LogP) is 2.25. The van der Waals surface area contributed by atoms with Crippen LogP contribution >= 0.6 is 0 Å². The van der Waals surface area contributed by atoms with E-state index in [1.807, 2.05) is 0 Å². The van der Waals surface area contributed by atoms with Crippen LogP contribution in [0.2, 0.25) is 0 Å². The molecule has 0 spiro atoms. The van der Waals surface area contributed by atoms with E-state index in [0.29, 0.717) is 48.9 Å². The highest BCUT2D eigenvalue weighted by Crippen LogP contribution is 2.39. The van der Waals surface area contributed by atoms with Gasteiger partial charge in [-0.25, -0.2) is 13.2 Å². The number of benzene rings is 1. The first-order valence-corrected chi connectivity index (χ1v) is 11.3. The van der Waals surface area contributed by atoms with E-state index in [1.54, 1.807) is 12.3 Å². The molecule has 0 aliphatic carbocycles. The molecule has 1 unspecified atom stereocenters. The van der Waals surface area contributed by atoms with E-state index < -0.39 is 23.4 Å². The molecular formula is C23H23F3N6O3. The molecule has 4 heterocycles. The molecule has 2 atom stereocenters. The lowest BCUT2D eigenvalue weighted by Gasteiger charge is -2.24. The minimum atomic E-state index is -1.53. The SMILES string of the molecule is O=C1C(Cc2cc(F)c(F)c(F)c2)CCN1c1n[nH]c(-c2ccnnc2)c1OC[C@@H]1CNCCO1. The first kappa shape index (κ1) is 23.2. The Bertz CT molecular complexity index is 1180. The molecule has 184 valence electrons. The molecule has 2 fully saturated rings. The Hall–Kier alpha value is -3.51. The number of halogens is 3. The lowest BCUT2D eigenvalue weighted by atomic mass is 9.98. The minimum Gasteiger partial charge on any atom is -0.485 e. The molecule has 5 rings (SSSR count). The number of amides is 1. The fraction of sp³-hybridized carbons (Fsp3) is 0.391. The summed E-state index contributed by atoms with van der Waals surface area (Å²) in [6, 6.07) is 3.58. The topological polar surface area (TPSA) is 105 Å². The van der Waals surface area contributed by atoms with Crippen molar-refractivity contribution in [1.82, 2.24) is 25.7 Å². The highest BCUT2D eigenvalue weighted by molar-refractivity contribution is 5.98. The molecule has 2 aromatic heterocycles. The summed E-state index contributed by atoms with van der Waals surface area (Å²) < 4.78 is 52.4.